The third-order valence-corrected chi connectivity index (χ3v) is 3.35. The van der Waals surface area contributed by atoms with Crippen molar-refractivity contribution in [1.29, 1.82) is 0 Å². The Balaban J connectivity index is 2.23. The number of aromatic nitrogens is 2. The molecule has 104 valence electrons. The highest BCUT2D eigenvalue weighted by Gasteiger charge is 2.26. The van der Waals surface area contributed by atoms with Crippen molar-refractivity contribution in [2.45, 2.75) is 20.0 Å². The maximum Gasteiger partial charge on any atom is 0.356 e. The molecule has 0 amide bonds. The second-order valence-electron chi connectivity index (χ2n) is 4.75. The molecule has 1 aliphatic heterocycles. The van der Waals surface area contributed by atoms with E-state index in [1.165, 1.54) is 10.7 Å². The molecule has 0 fully saturated rings. The average molecular weight is 276 g/mol. The fraction of sp³-hybridized carbons (Fsp3) is 0.286. The van der Waals surface area contributed by atoms with E-state index in [2.05, 4.69) is 5.10 Å². The largest absolute Gasteiger partial charge is 0.476 e. The number of carboxylic acid groups (broad SMARTS) is 1. The lowest BCUT2D eigenvalue weighted by atomic mass is 10.1. The molecule has 0 radical (unpaired) electrons. The number of fused-ring (bicyclic) bond motifs is 1. The average Bonchev–Trinajstić information content (AvgIpc) is 2.81. The molecular formula is C14H13FN2O3. The monoisotopic (exact) mass is 276 g/mol. The van der Waals surface area contributed by atoms with Gasteiger partial charge in [0.05, 0.1) is 18.9 Å². The van der Waals surface area contributed by atoms with Gasteiger partial charge in [-0.1, -0.05) is 6.07 Å². The fourth-order valence-corrected chi connectivity index (χ4v) is 2.39. The Morgan fingerprint density at radius 3 is 3.05 bits per heavy atom. The fourth-order valence-electron chi connectivity index (χ4n) is 2.39. The van der Waals surface area contributed by atoms with Crippen LogP contribution in [0.4, 0.5) is 4.39 Å². The summed E-state index contributed by atoms with van der Waals surface area (Å²) in [5.74, 6) is -1.55. The van der Waals surface area contributed by atoms with Crippen LogP contribution < -0.4 is 0 Å². The van der Waals surface area contributed by atoms with Gasteiger partial charge in [0.1, 0.15) is 11.5 Å². The Hall–Kier alpha value is -2.21. The Morgan fingerprint density at radius 1 is 1.50 bits per heavy atom. The molecule has 0 unspecified atom stereocenters. The van der Waals surface area contributed by atoms with Crippen molar-refractivity contribution in [3.63, 3.8) is 0 Å². The number of rotatable bonds is 2. The normalized spacial score (nSPS) is 14.1. The molecule has 1 aliphatic rings. The Bertz CT molecular complexity index is 694. The molecule has 20 heavy (non-hydrogen) atoms. The maximum atomic E-state index is 14.0. The summed E-state index contributed by atoms with van der Waals surface area (Å²) in [6, 6.07) is 4.68. The van der Waals surface area contributed by atoms with E-state index in [1.807, 2.05) is 6.92 Å². The van der Waals surface area contributed by atoms with Crippen molar-refractivity contribution in [3.8, 4) is 5.69 Å². The highest BCUT2D eigenvalue weighted by Crippen LogP contribution is 2.25. The molecule has 0 atom stereocenters. The summed E-state index contributed by atoms with van der Waals surface area (Å²) in [5.41, 5.74) is 2.33. The Kier molecular flexibility index (Phi) is 3.02. The SMILES string of the molecule is Cc1ccc(F)c(-n2nc(C(=O)O)c3c2CCOC3)c1. The van der Waals surface area contributed by atoms with Gasteiger partial charge in [0.15, 0.2) is 5.69 Å². The Morgan fingerprint density at radius 2 is 2.30 bits per heavy atom. The molecule has 6 heteroatoms. The lowest BCUT2D eigenvalue weighted by Crippen LogP contribution is -2.14. The number of aromatic carboxylic acids is 1. The first-order valence-electron chi connectivity index (χ1n) is 6.26. The molecular weight excluding hydrogens is 263 g/mol. The molecule has 1 N–H and O–H groups in total. The quantitative estimate of drug-likeness (QED) is 0.912. The van der Waals surface area contributed by atoms with E-state index < -0.39 is 11.8 Å². The molecule has 5 nitrogen and oxygen atoms in total. The van der Waals surface area contributed by atoms with Crippen LogP contribution in [0.3, 0.4) is 0 Å². The molecule has 2 aromatic rings. The standard InChI is InChI=1S/C14H13FN2O3/c1-8-2-3-10(15)12(6-8)17-11-4-5-20-7-9(11)13(16-17)14(18)19/h2-3,6H,4-5,7H2,1H3,(H,18,19). The molecule has 0 spiro atoms. The molecule has 1 aromatic heterocycles. The van der Waals surface area contributed by atoms with Gasteiger partial charge in [-0.15, -0.1) is 0 Å². The van der Waals surface area contributed by atoms with Crippen LogP contribution in [0.15, 0.2) is 18.2 Å². The molecule has 3 rings (SSSR count). The van der Waals surface area contributed by atoms with Crippen molar-refractivity contribution in [3.05, 3.63) is 46.5 Å². The number of hydrogen-bond acceptors (Lipinski definition) is 3. The van der Waals surface area contributed by atoms with Crippen molar-refractivity contribution >= 4 is 5.97 Å². The van der Waals surface area contributed by atoms with Gasteiger partial charge < -0.3 is 9.84 Å². The summed E-state index contributed by atoms with van der Waals surface area (Å²) in [4.78, 5) is 11.2. The predicted molar refractivity (Wildman–Crippen MR) is 68.6 cm³/mol. The number of benzene rings is 1. The van der Waals surface area contributed by atoms with Crippen LogP contribution in [0.1, 0.15) is 27.3 Å². The topological polar surface area (TPSA) is 64.4 Å². The molecule has 0 aliphatic carbocycles. The number of carbonyl (C=O) groups is 1. The molecule has 0 saturated carbocycles. The zero-order chi connectivity index (χ0) is 14.3. The van der Waals surface area contributed by atoms with E-state index in [1.54, 1.807) is 12.1 Å². The minimum Gasteiger partial charge on any atom is -0.476 e. The molecule has 1 aromatic carbocycles. The summed E-state index contributed by atoms with van der Waals surface area (Å²) in [6.07, 6.45) is 0.517. The molecule has 2 heterocycles. The number of nitrogens with zero attached hydrogens (tertiary/aromatic N) is 2. The lowest BCUT2D eigenvalue weighted by molar-refractivity contribution is 0.0677. The van der Waals surface area contributed by atoms with E-state index in [4.69, 9.17) is 4.74 Å². The second kappa shape index (κ2) is 4.72. The minimum atomic E-state index is -1.13. The van der Waals surface area contributed by atoms with Gasteiger partial charge >= 0.3 is 5.97 Å². The third-order valence-electron chi connectivity index (χ3n) is 3.35. The van der Waals surface area contributed by atoms with Gasteiger partial charge in [-0.05, 0) is 24.6 Å². The van der Waals surface area contributed by atoms with Crippen molar-refractivity contribution in [2.24, 2.45) is 0 Å². The van der Waals surface area contributed by atoms with Gasteiger partial charge in [-0.2, -0.15) is 5.10 Å². The van der Waals surface area contributed by atoms with Gasteiger partial charge in [0.2, 0.25) is 0 Å². The van der Waals surface area contributed by atoms with Crippen molar-refractivity contribution in [2.75, 3.05) is 6.61 Å². The van der Waals surface area contributed by atoms with Gasteiger partial charge in [-0.3, -0.25) is 0 Å². The van der Waals surface area contributed by atoms with Crippen LogP contribution in [-0.4, -0.2) is 27.5 Å². The van der Waals surface area contributed by atoms with E-state index >= 15 is 0 Å². The highest BCUT2D eigenvalue weighted by atomic mass is 19.1. The van der Waals surface area contributed by atoms with Gasteiger partial charge in [0.25, 0.3) is 0 Å². The van der Waals surface area contributed by atoms with Crippen LogP contribution in [0.25, 0.3) is 5.69 Å². The summed E-state index contributed by atoms with van der Waals surface area (Å²) < 4.78 is 20.7. The zero-order valence-electron chi connectivity index (χ0n) is 10.9. The van der Waals surface area contributed by atoms with Crippen molar-refractivity contribution < 1.29 is 19.0 Å². The van der Waals surface area contributed by atoms with Crippen LogP contribution in [-0.2, 0) is 17.8 Å². The number of hydrogen-bond donors (Lipinski definition) is 1. The van der Waals surface area contributed by atoms with Gasteiger partial charge in [-0.25, -0.2) is 13.9 Å². The third kappa shape index (κ3) is 1.98. The summed E-state index contributed by atoms with van der Waals surface area (Å²) in [5, 5.41) is 13.3. The van der Waals surface area contributed by atoms with Crippen LogP contribution in [0.5, 0.6) is 0 Å². The predicted octanol–water partition coefficient (Wildman–Crippen LogP) is 2.09. The van der Waals surface area contributed by atoms with Crippen LogP contribution >= 0.6 is 0 Å². The van der Waals surface area contributed by atoms with E-state index in [0.717, 1.165) is 5.56 Å². The molecule has 0 bridgehead atoms. The first-order chi connectivity index (χ1) is 9.58. The Labute approximate surface area is 114 Å². The zero-order valence-corrected chi connectivity index (χ0v) is 10.9. The first-order valence-corrected chi connectivity index (χ1v) is 6.26. The van der Waals surface area contributed by atoms with Crippen LogP contribution in [0.2, 0.25) is 0 Å². The summed E-state index contributed by atoms with van der Waals surface area (Å²) in [6.45, 7) is 2.52. The summed E-state index contributed by atoms with van der Waals surface area (Å²) in [7, 11) is 0. The van der Waals surface area contributed by atoms with Gasteiger partial charge in [0, 0.05) is 12.0 Å². The number of ether oxygens (including phenoxy) is 1. The van der Waals surface area contributed by atoms with Crippen molar-refractivity contribution in [1.82, 2.24) is 9.78 Å². The molecule has 0 saturated heterocycles. The lowest BCUT2D eigenvalue weighted by Gasteiger charge is -2.15. The number of halogens is 1. The maximum absolute atomic E-state index is 14.0. The van der Waals surface area contributed by atoms with Crippen LogP contribution in [0, 0.1) is 12.7 Å². The minimum absolute atomic E-state index is 0.0689. The smallest absolute Gasteiger partial charge is 0.356 e. The van der Waals surface area contributed by atoms with E-state index in [9.17, 15) is 14.3 Å². The number of carboxylic acids is 1. The van der Waals surface area contributed by atoms with E-state index in [-0.39, 0.29) is 18.0 Å². The second-order valence-corrected chi connectivity index (χ2v) is 4.75. The highest BCUT2D eigenvalue weighted by molar-refractivity contribution is 5.87. The number of aryl methyl sites for hydroxylation is 1. The first kappa shape index (κ1) is 12.8. The van der Waals surface area contributed by atoms with E-state index in [0.29, 0.717) is 24.3 Å². The summed E-state index contributed by atoms with van der Waals surface area (Å²) >= 11 is 0.